The summed E-state index contributed by atoms with van der Waals surface area (Å²) < 4.78 is 13.4. The first-order valence-electron chi connectivity index (χ1n) is 7.42. The van der Waals surface area contributed by atoms with E-state index in [-0.39, 0.29) is 11.7 Å². The summed E-state index contributed by atoms with van der Waals surface area (Å²) in [5.41, 5.74) is 1.62. The van der Waals surface area contributed by atoms with E-state index in [0.717, 1.165) is 5.56 Å². The number of carbonyl (C=O) groups excluding carboxylic acids is 1. The smallest absolute Gasteiger partial charge is 0.241 e. The van der Waals surface area contributed by atoms with Gasteiger partial charge in [0, 0.05) is 11.6 Å². The van der Waals surface area contributed by atoms with Gasteiger partial charge in [-0.2, -0.15) is 0 Å². The van der Waals surface area contributed by atoms with E-state index < -0.39 is 6.04 Å². The van der Waals surface area contributed by atoms with Crippen molar-refractivity contribution in [3.63, 3.8) is 0 Å². The molecule has 23 heavy (non-hydrogen) atoms. The quantitative estimate of drug-likeness (QED) is 0.877. The standard InChI is InChI=1S/C18H20ClFN2O/c1-22(2)17(14-7-5-8-15(20)12-14)18(23)21-11-10-13-6-3-4-9-16(13)19/h3-9,12,17H,10-11H2,1-2H3,(H,21,23). The molecule has 2 rings (SSSR count). The molecule has 1 amide bonds. The van der Waals surface area contributed by atoms with E-state index >= 15 is 0 Å². The molecule has 0 aliphatic rings. The summed E-state index contributed by atoms with van der Waals surface area (Å²) in [6.07, 6.45) is 0.648. The molecular formula is C18H20ClFN2O. The summed E-state index contributed by atoms with van der Waals surface area (Å²) >= 11 is 6.10. The number of nitrogens with zero attached hydrogens (tertiary/aromatic N) is 1. The van der Waals surface area contributed by atoms with Crippen LogP contribution in [0, 0.1) is 5.82 Å². The molecule has 5 heteroatoms. The van der Waals surface area contributed by atoms with E-state index in [1.54, 1.807) is 31.1 Å². The second-order valence-electron chi connectivity index (χ2n) is 5.55. The lowest BCUT2D eigenvalue weighted by Crippen LogP contribution is -2.38. The van der Waals surface area contributed by atoms with Crippen molar-refractivity contribution in [2.45, 2.75) is 12.5 Å². The molecule has 3 nitrogen and oxygen atoms in total. The zero-order valence-electron chi connectivity index (χ0n) is 13.2. The Morgan fingerprint density at radius 3 is 2.61 bits per heavy atom. The van der Waals surface area contributed by atoms with Gasteiger partial charge in [-0.25, -0.2) is 4.39 Å². The highest BCUT2D eigenvalue weighted by Gasteiger charge is 2.22. The molecule has 0 saturated carbocycles. The Morgan fingerprint density at radius 1 is 1.22 bits per heavy atom. The summed E-state index contributed by atoms with van der Waals surface area (Å²) in [4.78, 5) is 14.2. The summed E-state index contributed by atoms with van der Waals surface area (Å²) in [5, 5.41) is 3.59. The Balaban J connectivity index is 2.01. The topological polar surface area (TPSA) is 32.3 Å². The van der Waals surface area contributed by atoms with Gasteiger partial charge in [0.1, 0.15) is 11.9 Å². The van der Waals surface area contributed by atoms with E-state index in [9.17, 15) is 9.18 Å². The highest BCUT2D eigenvalue weighted by Crippen LogP contribution is 2.19. The van der Waals surface area contributed by atoms with Crippen LogP contribution in [0.1, 0.15) is 17.2 Å². The van der Waals surface area contributed by atoms with Crippen LogP contribution in [0.4, 0.5) is 4.39 Å². The Labute approximate surface area is 141 Å². The number of rotatable bonds is 6. The zero-order chi connectivity index (χ0) is 16.8. The van der Waals surface area contributed by atoms with Crippen LogP contribution in [0.2, 0.25) is 5.02 Å². The maximum atomic E-state index is 13.4. The largest absolute Gasteiger partial charge is 0.354 e. The van der Waals surface area contributed by atoms with E-state index in [1.807, 2.05) is 24.3 Å². The molecule has 1 atom stereocenters. The maximum Gasteiger partial charge on any atom is 0.241 e. The first-order chi connectivity index (χ1) is 11.0. The van der Waals surface area contributed by atoms with Gasteiger partial charge in [0.05, 0.1) is 0 Å². The molecule has 2 aromatic carbocycles. The van der Waals surface area contributed by atoms with Crippen LogP contribution in [-0.4, -0.2) is 31.4 Å². The first-order valence-corrected chi connectivity index (χ1v) is 7.80. The number of hydrogen-bond donors (Lipinski definition) is 1. The van der Waals surface area contributed by atoms with Crippen molar-refractivity contribution < 1.29 is 9.18 Å². The molecule has 0 saturated heterocycles. The zero-order valence-corrected chi connectivity index (χ0v) is 14.0. The maximum absolute atomic E-state index is 13.4. The lowest BCUT2D eigenvalue weighted by molar-refractivity contribution is -0.125. The van der Waals surface area contributed by atoms with Gasteiger partial charge < -0.3 is 5.32 Å². The third-order valence-electron chi connectivity index (χ3n) is 3.58. The number of hydrogen-bond acceptors (Lipinski definition) is 2. The Bertz CT molecular complexity index is 676. The Morgan fingerprint density at radius 2 is 1.96 bits per heavy atom. The number of benzene rings is 2. The Kier molecular flexibility index (Phi) is 6.13. The van der Waals surface area contributed by atoms with Crippen molar-refractivity contribution in [2.75, 3.05) is 20.6 Å². The van der Waals surface area contributed by atoms with Crippen molar-refractivity contribution in [3.8, 4) is 0 Å². The third-order valence-corrected chi connectivity index (χ3v) is 3.95. The molecule has 0 fully saturated rings. The van der Waals surface area contributed by atoms with Crippen LogP contribution in [0.25, 0.3) is 0 Å². The van der Waals surface area contributed by atoms with Crippen LogP contribution in [-0.2, 0) is 11.2 Å². The number of nitrogens with one attached hydrogen (secondary N) is 1. The minimum atomic E-state index is -0.531. The molecular weight excluding hydrogens is 315 g/mol. The SMILES string of the molecule is CN(C)C(C(=O)NCCc1ccccc1Cl)c1cccc(F)c1. The fourth-order valence-corrected chi connectivity index (χ4v) is 2.71. The summed E-state index contributed by atoms with van der Waals surface area (Å²) in [7, 11) is 3.59. The molecule has 0 aliphatic heterocycles. The van der Waals surface area contributed by atoms with Crippen molar-refractivity contribution in [1.29, 1.82) is 0 Å². The lowest BCUT2D eigenvalue weighted by Gasteiger charge is -2.24. The molecule has 122 valence electrons. The van der Waals surface area contributed by atoms with Crippen LogP contribution < -0.4 is 5.32 Å². The van der Waals surface area contributed by atoms with Crippen LogP contribution in [0.15, 0.2) is 48.5 Å². The molecule has 1 N–H and O–H groups in total. The van der Waals surface area contributed by atoms with Crippen LogP contribution in [0.3, 0.4) is 0 Å². The van der Waals surface area contributed by atoms with Gasteiger partial charge in [-0.1, -0.05) is 41.9 Å². The minimum absolute atomic E-state index is 0.160. The molecule has 0 aromatic heterocycles. The Hall–Kier alpha value is -1.91. The van der Waals surface area contributed by atoms with Gasteiger partial charge in [-0.15, -0.1) is 0 Å². The average Bonchev–Trinajstić information content (AvgIpc) is 2.49. The highest BCUT2D eigenvalue weighted by molar-refractivity contribution is 6.31. The molecule has 0 heterocycles. The molecule has 0 spiro atoms. The second kappa shape index (κ2) is 8.09. The fraction of sp³-hybridized carbons (Fsp3) is 0.278. The van der Waals surface area contributed by atoms with Crippen LogP contribution in [0.5, 0.6) is 0 Å². The van der Waals surface area contributed by atoms with Crippen molar-refractivity contribution in [3.05, 3.63) is 70.5 Å². The minimum Gasteiger partial charge on any atom is -0.354 e. The van der Waals surface area contributed by atoms with Gasteiger partial charge >= 0.3 is 0 Å². The summed E-state index contributed by atoms with van der Waals surface area (Å²) in [6.45, 7) is 0.474. The highest BCUT2D eigenvalue weighted by atomic mass is 35.5. The van der Waals surface area contributed by atoms with Crippen molar-refractivity contribution >= 4 is 17.5 Å². The molecule has 0 aliphatic carbocycles. The van der Waals surface area contributed by atoms with Crippen molar-refractivity contribution in [2.24, 2.45) is 0 Å². The van der Waals surface area contributed by atoms with E-state index in [0.29, 0.717) is 23.6 Å². The van der Waals surface area contributed by atoms with Crippen molar-refractivity contribution in [1.82, 2.24) is 10.2 Å². The van der Waals surface area contributed by atoms with E-state index in [2.05, 4.69) is 5.32 Å². The number of amides is 1. The van der Waals surface area contributed by atoms with Gasteiger partial charge in [0.15, 0.2) is 0 Å². The first kappa shape index (κ1) is 17.4. The third kappa shape index (κ3) is 4.78. The summed E-state index contributed by atoms with van der Waals surface area (Å²) in [6, 6.07) is 13.1. The average molecular weight is 335 g/mol. The van der Waals surface area contributed by atoms with Crippen LogP contribution >= 0.6 is 11.6 Å². The van der Waals surface area contributed by atoms with Gasteiger partial charge in [-0.3, -0.25) is 9.69 Å². The predicted molar refractivity (Wildman–Crippen MR) is 91.0 cm³/mol. The second-order valence-corrected chi connectivity index (χ2v) is 5.96. The molecule has 2 aromatic rings. The fourth-order valence-electron chi connectivity index (χ4n) is 2.48. The van der Waals surface area contributed by atoms with E-state index in [4.69, 9.17) is 11.6 Å². The predicted octanol–water partition coefficient (Wildman–Crippen LogP) is 3.44. The lowest BCUT2D eigenvalue weighted by atomic mass is 10.0. The van der Waals surface area contributed by atoms with E-state index in [1.165, 1.54) is 12.1 Å². The van der Waals surface area contributed by atoms with Gasteiger partial charge in [0.25, 0.3) is 0 Å². The molecule has 1 unspecified atom stereocenters. The summed E-state index contributed by atoms with van der Waals surface area (Å²) in [5.74, 6) is -0.508. The number of carbonyl (C=O) groups is 1. The van der Waals surface area contributed by atoms with Gasteiger partial charge in [0.2, 0.25) is 5.91 Å². The molecule has 0 radical (unpaired) electrons. The number of halogens is 2. The number of likely N-dealkylation sites (N-methyl/N-ethyl adjacent to an activating group) is 1. The monoisotopic (exact) mass is 334 g/mol. The van der Waals surface area contributed by atoms with Gasteiger partial charge in [-0.05, 0) is 49.8 Å². The molecule has 0 bridgehead atoms. The normalized spacial score (nSPS) is 12.2.